The fourth-order valence-electron chi connectivity index (χ4n) is 2.60. The standard InChI is InChI=1S/C17H26N4O2.2ClH/c1-13(2)21-15-7-5-4-6-14(15)20-16(21)8-9-19-17(22)12-18-10-11-23-3;;/h4-7,13,18H,8-12H2,1-3H3,(H,19,22);2*1H. The lowest BCUT2D eigenvalue weighted by Crippen LogP contribution is -2.36. The average Bonchev–Trinajstić information content (AvgIpc) is 2.90. The molecule has 0 unspecified atom stereocenters. The van der Waals surface area contributed by atoms with Crippen LogP contribution in [0.5, 0.6) is 0 Å². The van der Waals surface area contributed by atoms with Gasteiger partial charge >= 0.3 is 0 Å². The number of imidazole rings is 1. The summed E-state index contributed by atoms with van der Waals surface area (Å²) in [6, 6.07) is 8.47. The number of nitrogens with one attached hydrogen (secondary N) is 2. The van der Waals surface area contributed by atoms with E-state index in [9.17, 15) is 4.79 Å². The number of hydrogen-bond acceptors (Lipinski definition) is 4. The van der Waals surface area contributed by atoms with Crippen LogP contribution in [0, 0.1) is 0 Å². The fourth-order valence-corrected chi connectivity index (χ4v) is 2.60. The van der Waals surface area contributed by atoms with Gasteiger partial charge in [-0.3, -0.25) is 4.79 Å². The van der Waals surface area contributed by atoms with E-state index >= 15 is 0 Å². The summed E-state index contributed by atoms with van der Waals surface area (Å²) in [6.45, 7) is 6.47. The Hall–Kier alpha value is -1.34. The molecule has 2 rings (SSSR count). The number of benzene rings is 1. The summed E-state index contributed by atoms with van der Waals surface area (Å²) >= 11 is 0. The SMILES string of the molecule is COCCNCC(=O)NCCc1nc2ccccc2n1C(C)C.Cl.Cl. The topological polar surface area (TPSA) is 68.2 Å². The van der Waals surface area contributed by atoms with Crippen molar-refractivity contribution in [3.63, 3.8) is 0 Å². The zero-order valence-electron chi connectivity index (χ0n) is 14.9. The van der Waals surface area contributed by atoms with Gasteiger partial charge in [0.05, 0.1) is 24.2 Å². The number of carbonyl (C=O) groups is 1. The summed E-state index contributed by atoms with van der Waals surface area (Å²) in [7, 11) is 1.64. The molecule has 2 N–H and O–H groups in total. The van der Waals surface area contributed by atoms with Crippen molar-refractivity contribution in [2.75, 3.05) is 33.4 Å². The van der Waals surface area contributed by atoms with E-state index < -0.39 is 0 Å². The van der Waals surface area contributed by atoms with Gasteiger partial charge in [0.2, 0.25) is 5.91 Å². The fraction of sp³-hybridized carbons (Fsp3) is 0.529. The third kappa shape index (κ3) is 6.82. The van der Waals surface area contributed by atoms with E-state index in [1.54, 1.807) is 7.11 Å². The van der Waals surface area contributed by atoms with Crippen molar-refractivity contribution in [2.24, 2.45) is 0 Å². The molecule has 2 aromatic rings. The highest BCUT2D eigenvalue weighted by Gasteiger charge is 2.12. The second-order valence-electron chi connectivity index (χ2n) is 5.75. The molecule has 0 aliphatic carbocycles. The minimum atomic E-state index is -0.00619. The van der Waals surface area contributed by atoms with E-state index in [0.717, 1.165) is 23.3 Å². The lowest BCUT2D eigenvalue weighted by atomic mass is 10.3. The van der Waals surface area contributed by atoms with Gasteiger partial charge in [-0.1, -0.05) is 12.1 Å². The van der Waals surface area contributed by atoms with Crippen LogP contribution >= 0.6 is 24.8 Å². The summed E-state index contributed by atoms with van der Waals surface area (Å²) in [5.41, 5.74) is 2.15. The lowest BCUT2D eigenvalue weighted by molar-refractivity contribution is -0.120. The van der Waals surface area contributed by atoms with Crippen molar-refractivity contribution in [1.82, 2.24) is 20.2 Å². The molecule has 1 heterocycles. The van der Waals surface area contributed by atoms with Crippen LogP contribution in [0.15, 0.2) is 24.3 Å². The van der Waals surface area contributed by atoms with E-state index in [1.807, 2.05) is 18.2 Å². The second kappa shape index (κ2) is 12.1. The van der Waals surface area contributed by atoms with Gasteiger partial charge in [-0.15, -0.1) is 24.8 Å². The zero-order chi connectivity index (χ0) is 16.7. The molecule has 25 heavy (non-hydrogen) atoms. The summed E-state index contributed by atoms with van der Waals surface area (Å²) in [5, 5.41) is 5.95. The van der Waals surface area contributed by atoms with Crippen LogP contribution < -0.4 is 10.6 Å². The number of halogens is 2. The van der Waals surface area contributed by atoms with Gasteiger partial charge in [-0.25, -0.2) is 4.98 Å². The highest BCUT2D eigenvalue weighted by Crippen LogP contribution is 2.20. The maximum absolute atomic E-state index is 11.7. The molecule has 0 saturated heterocycles. The number of methoxy groups -OCH3 is 1. The Morgan fingerprint density at radius 1 is 1.24 bits per heavy atom. The molecule has 0 atom stereocenters. The first-order valence-electron chi connectivity index (χ1n) is 8.05. The van der Waals surface area contributed by atoms with Gasteiger partial charge in [-0.05, 0) is 26.0 Å². The van der Waals surface area contributed by atoms with E-state index in [2.05, 4.69) is 35.1 Å². The smallest absolute Gasteiger partial charge is 0.233 e. The highest BCUT2D eigenvalue weighted by atomic mass is 35.5. The molecular weight excluding hydrogens is 363 g/mol. The first kappa shape index (κ1) is 23.7. The van der Waals surface area contributed by atoms with Crippen LogP contribution in [0.4, 0.5) is 0 Å². The Morgan fingerprint density at radius 2 is 1.96 bits per heavy atom. The molecular formula is C17H28Cl2N4O2. The highest BCUT2D eigenvalue weighted by molar-refractivity contribution is 5.85. The van der Waals surface area contributed by atoms with Crippen molar-refractivity contribution in [1.29, 1.82) is 0 Å². The molecule has 0 spiro atoms. The van der Waals surface area contributed by atoms with Crippen LogP contribution in [0.2, 0.25) is 0 Å². The molecule has 1 aromatic heterocycles. The number of amides is 1. The van der Waals surface area contributed by atoms with Gasteiger partial charge < -0.3 is 19.9 Å². The van der Waals surface area contributed by atoms with Gasteiger partial charge in [0, 0.05) is 32.7 Å². The summed E-state index contributed by atoms with van der Waals surface area (Å²) in [4.78, 5) is 16.4. The van der Waals surface area contributed by atoms with Crippen LogP contribution in [-0.2, 0) is 16.0 Å². The van der Waals surface area contributed by atoms with Crippen LogP contribution in [0.25, 0.3) is 11.0 Å². The summed E-state index contributed by atoms with van der Waals surface area (Å²) in [5.74, 6) is 1.00. The second-order valence-corrected chi connectivity index (χ2v) is 5.75. The minimum absolute atomic E-state index is 0. The molecule has 0 saturated carbocycles. The molecule has 1 aromatic carbocycles. The maximum Gasteiger partial charge on any atom is 0.233 e. The van der Waals surface area contributed by atoms with E-state index in [1.165, 1.54) is 0 Å². The molecule has 0 fully saturated rings. The average molecular weight is 391 g/mol. The molecule has 142 valence electrons. The van der Waals surface area contributed by atoms with E-state index in [-0.39, 0.29) is 30.7 Å². The third-order valence-electron chi connectivity index (χ3n) is 3.62. The molecule has 6 nitrogen and oxygen atoms in total. The zero-order valence-corrected chi connectivity index (χ0v) is 16.6. The maximum atomic E-state index is 11.7. The van der Waals surface area contributed by atoms with E-state index in [0.29, 0.717) is 32.3 Å². The molecule has 0 bridgehead atoms. The largest absolute Gasteiger partial charge is 0.383 e. The quantitative estimate of drug-likeness (QED) is 0.644. The van der Waals surface area contributed by atoms with Crippen LogP contribution in [0.3, 0.4) is 0 Å². The monoisotopic (exact) mass is 390 g/mol. The van der Waals surface area contributed by atoms with Gasteiger partial charge in [-0.2, -0.15) is 0 Å². The summed E-state index contributed by atoms with van der Waals surface area (Å²) < 4.78 is 7.16. The molecule has 1 amide bonds. The number of hydrogen-bond donors (Lipinski definition) is 2. The third-order valence-corrected chi connectivity index (χ3v) is 3.62. The number of aromatic nitrogens is 2. The van der Waals surface area contributed by atoms with Gasteiger partial charge in [0.25, 0.3) is 0 Å². The van der Waals surface area contributed by atoms with Crippen LogP contribution in [-0.4, -0.2) is 48.8 Å². The van der Waals surface area contributed by atoms with Crippen molar-refractivity contribution in [3.8, 4) is 0 Å². The Kier molecular flexibility index (Phi) is 11.4. The number of nitrogens with zero attached hydrogens (tertiary/aromatic N) is 2. The first-order chi connectivity index (χ1) is 11.1. The van der Waals surface area contributed by atoms with E-state index in [4.69, 9.17) is 9.72 Å². The lowest BCUT2D eigenvalue weighted by Gasteiger charge is -2.13. The Balaban J connectivity index is 0.00000288. The number of carbonyl (C=O) groups excluding carboxylic acids is 1. The molecule has 0 aliphatic heterocycles. The van der Waals surface area contributed by atoms with Crippen molar-refractivity contribution in [3.05, 3.63) is 30.1 Å². The van der Waals surface area contributed by atoms with Crippen LogP contribution in [0.1, 0.15) is 25.7 Å². The van der Waals surface area contributed by atoms with Crippen molar-refractivity contribution < 1.29 is 9.53 Å². The molecule has 0 radical (unpaired) electrons. The predicted octanol–water partition coefficient (Wildman–Crippen LogP) is 2.36. The van der Waals surface area contributed by atoms with Gasteiger partial charge in [0.15, 0.2) is 0 Å². The predicted molar refractivity (Wildman–Crippen MR) is 106 cm³/mol. The number of rotatable bonds is 9. The van der Waals surface area contributed by atoms with Crippen molar-refractivity contribution in [2.45, 2.75) is 26.3 Å². The number of para-hydroxylation sites is 2. The van der Waals surface area contributed by atoms with Crippen molar-refractivity contribution >= 4 is 41.8 Å². The minimum Gasteiger partial charge on any atom is -0.383 e. The number of ether oxygens (including phenoxy) is 1. The van der Waals surface area contributed by atoms with Gasteiger partial charge in [0.1, 0.15) is 5.82 Å². The molecule has 0 aliphatic rings. The summed E-state index contributed by atoms with van der Waals surface area (Å²) in [6.07, 6.45) is 0.719. The Morgan fingerprint density at radius 3 is 2.64 bits per heavy atom. The molecule has 8 heteroatoms. The normalized spacial score (nSPS) is 10.4. The first-order valence-corrected chi connectivity index (χ1v) is 8.05. The Labute approximate surface area is 161 Å². The Bertz CT molecular complexity index is 647. The number of fused-ring (bicyclic) bond motifs is 1.